The number of imidazole rings is 1. The van der Waals surface area contributed by atoms with E-state index in [2.05, 4.69) is 31.4 Å². The summed E-state index contributed by atoms with van der Waals surface area (Å²) in [6.45, 7) is 6.47. The molecule has 172 valence electrons. The van der Waals surface area contributed by atoms with E-state index in [1.807, 2.05) is 12.4 Å². The number of pyridine rings is 1. The third-order valence-corrected chi connectivity index (χ3v) is 7.10. The van der Waals surface area contributed by atoms with Crippen LogP contribution in [0.2, 0.25) is 0 Å². The summed E-state index contributed by atoms with van der Waals surface area (Å²) in [5.74, 6) is -0.510. The highest BCUT2D eigenvalue weighted by molar-refractivity contribution is 6.45. The van der Waals surface area contributed by atoms with Crippen LogP contribution in [0.1, 0.15) is 52.1 Å². The molecule has 2 atom stereocenters. The van der Waals surface area contributed by atoms with E-state index in [0.29, 0.717) is 30.9 Å². The molecule has 1 spiro atoms. The molecular formula is C24H28N6O3. The Kier molecular flexibility index (Phi) is 4.86. The van der Waals surface area contributed by atoms with Crippen molar-refractivity contribution >= 4 is 28.5 Å². The maximum Gasteiger partial charge on any atom is 0.296 e. The summed E-state index contributed by atoms with van der Waals surface area (Å²) in [5.41, 5.74) is 0.264. The lowest BCUT2D eigenvalue weighted by Crippen LogP contribution is -2.42. The predicted molar refractivity (Wildman–Crippen MR) is 121 cm³/mol. The van der Waals surface area contributed by atoms with Crippen molar-refractivity contribution in [2.75, 3.05) is 11.4 Å². The van der Waals surface area contributed by atoms with Crippen LogP contribution in [0, 0.1) is 10.8 Å². The Morgan fingerprint density at radius 1 is 1.12 bits per heavy atom. The van der Waals surface area contributed by atoms with E-state index in [9.17, 15) is 14.7 Å². The van der Waals surface area contributed by atoms with E-state index in [0.717, 1.165) is 30.4 Å². The van der Waals surface area contributed by atoms with Crippen molar-refractivity contribution in [3.8, 4) is 0 Å². The Morgan fingerprint density at radius 3 is 2.67 bits per heavy atom. The summed E-state index contributed by atoms with van der Waals surface area (Å²) in [4.78, 5) is 44.9. The van der Waals surface area contributed by atoms with Crippen LogP contribution in [0.3, 0.4) is 0 Å². The molecule has 0 bridgehead atoms. The minimum absolute atomic E-state index is 0.155. The van der Waals surface area contributed by atoms with Crippen LogP contribution < -0.4 is 4.90 Å². The molecule has 1 aliphatic carbocycles. The highest BCUT2D eigenvalue weighted by atomic mass is 16.3. The maximum absolute atomic E-state index is 13.3. The number of ketones is 1. The number of amides is 1. The van der Waals surface area contributed by atoms with Crippen molar-refractivity contribution in [3.63, 3.8) is 0 Å². The van der Waals surface area contributed by atoms with Crippen molar-refractivity contribution < 1.29 is 14.7 Å². The predicted octanol–water partition coefficient (Wildman–Crippen LogP) is 2.63. The summed E-state index contributed by atoms with van der Waals surface area (Å²) in [5, 5.41) is 10.1. The van der Waals surface area contributed by atoms with Crippen molar-refractivity contribution in [1.29, 1.82) is 0 Å². The molecule has 1 saturated carbocycles. The molecule has 1 N–H and O–H groups in total. The number of aliphatic hydroxyl groups is 1. The van der Waals surface area contributed by atoms with E-state index in [-0.39, 0.29) is 11.2 Å². The lowest BCUT2D eigenvalue weighted by molar-refractivity contribution is -0.140. The number of fused-ring (bicyclic) bond motifs is 1. The van der Waals surface area contributed by atoms with E-state index in [1.165, 1.54) is 17.3 Å². The number of carbonyl (C=O) groups excluding carboxylic acids is 2. The number of rotatable bonds is 4. The van der Waals surface area contributed by atoms with Gasteiger partial charge in [-0.2, -0.15) is 0 Å². The smallest absolute Gasteiger partial charge is 0.296 e. The van der Waals surface area contributed by atoms with Crippen LogP contribution in [0.25, 0.3) is 11.0 Å². The standard InChI is InChI=1S/C24H28N6O3/c1-22(2,33)18-10-27-19(11-26-18)30-14-24(20(31)21(30)32)7-4-6-23(3,12-24)13-29-15-28-16-9-25-8-5-17(16)29/h5,8-11,15,33H,4,6-7,12-14H2,1-3H3/t23-,24+/m0/s1. The van der Waals surface area contributed by atoms with Crippen molar-refractivity contribution in [2.45, 2.75) is 58.6 Å². The zero-order valence-corrected chi connectivity index (χ0v) is 19.2. The first-order valence-electron chi connectivity index (χ1n) is 11.3. The molecule has 0 aromatic carbocycles. The van der Waals surface area contributed by atoms with Crippen LogP contribution in [0.15, 0.2) is 37.2 Å². The van der Waals surface area contributed by atoms with Crippen molar-refractivity contribution in [1.82, 2.24) is 24.5 Å². The molecule has 9 nitrogen and oxygen atoms in total. The number of aromatic nitrogens is 5. The van der Waals surface area contributed by atoms with Gasteiger partial charge in [0.25, 0.3) is 5.91 Å². The first-order chi connectivity index (χ1) is 15.6. The number of hydrogen-bond acceptors (Lipinski definition) is 7. The van der Waals surface area contributed by atoms with E-state index < -0.39 is 16.9 Å². The molecule has 9 heteroatoms. The molecule has 1 amide bonds. The maximum atomic E-state index is 13.3. The van der Waals surface area contributed by atoms with Gasteiger partial charge in [0, 0.05) is 19.3 Å². The van der Waals surface area contributed by atoms with Gasteiger partial charge in [0.1, 0.15) is 11.1 Å². The molecule has 3 aromatic heterocycles. The summed E-state index contributed by atoms with van der Waals surface area (Å²) >= 11 is 0. The second-order valence-corrected chi connectivity index (χ2v) is 10.4. The van der Waals surface area contributed by atoms with Gasteiger partial charge in [-0.15, -0.1) is 0 Å². The molecule has 3 aromatic rings. The number of Topliss-reactive ketones (excluding diaryl/α,β-unsaturated/α-hetero) is 1. The molecule has 2 aliphatic rings. The van der Waals surface area contributed by atoms with E-state index >= 15 is 0 Å². The number of nitrogens with zero attached hydrogens (tertiary/aromatic N) is 6. The molecule has 1 aliphatic heterocycles. The average molecular weight is 449 g/mol. The second-order valence-electron chi connectivity index (χ2n) is 10.4. The van der Waals surface area contributed by atoms with Gasteiger partial charge < -0.3 is 9.67 Å². The largest absolute Gasteiger partial charge is 0.384 e. The zero-order chi connectivity index (χ0) is 23.4. The van der Waals surface area contributed by atoms with Crippen molar-refractivity contribution in [2.24, 2.45) is 10.8 Å². The Morgan fingerprint density at radius 2 is 1.94 bits per heavy atom. The minimum atomic E-state index is -1.13. The van der Waals surface area contributed by atoms with Gasteiger partial charge in [-0.1, -0.05) is 13.3 Å². The Bertz CT molecular complexity index is 1230. The number of hydrogen-bond donors (Lipinski definition) is 1. The summed E-state index contributed by atoms with van der Waals surface area (Å²) < 4.78 is 2.12. The Balaban J connectivity index is 1.40. The average Bonchev–Trinajstić information content (AvgIpc) is 3.28. The highest BCUT2D eigenvalue weighted by Gasteiger charge is 2.56. The second kappa shape index (κ2) is 7.41. The quantitative estimate of drug-likeness (QED) is 0.610. The van der Waals surface area contributed by atoms with E-state index in [1.54, 1.807) is 26.2 Å². The van der Waals surface area contributed by atoms with Crippen LogP contribution in [0.4, 0.5) is 5.82 Å². The summed E-state index contributed by atoms with van der Waals surface area (Å²) in [6.07, 6.45) is 11.4. The molecular weight excluding hydrogens is 420 g/mol. The minimum Gasteiger partial charge on any atom is -0.384 e. The first-order valence-corrected chi connectivity index (χ1v) is 11.3. The molecule has 5 rings (SSSR count). The van der Waals surface area contributed by atoms with Gasteiger partial charge in [-0.05, 0) is 44.6 Å². The van der Waals surface area contributed by atoms with Crippen LogP contribution in [-0.2, 0) is 21.7 Å². The Labute approximate surface area is 191 Å². The molecule has 33 heavy (non-hydrogen) atoms. The Hall–Kier alpha value is -3.20. The SMILES string of the molecule is CC(C)(O)c1cnc(N2C[C@]3(CCC[C@](C)(Cn4cnc5cnccc54)C3)C(=O)C2=O)cn1. The monoisotopic (exact) mass is 448 g/mol. The lowest BCUT2D eigenvalue weighted by atomic mass is 9.61. The fourth-order valence-corrected chi connectivity index (χ4v) is 5.52. The van der Waals surface area contributed by atoms with Gasteiger partial charge in [0.2, 0.25) is 5.78 Å². The lowest BCUT2D eigenvalue weighted by Gasteiger charge is -2.43. The molecule has 0 radical (unpaired) electrons. The van der Waals surface area contributed by atoms with Gasteiger partial charge in [0.05, 0.1) is 41.5 Å². The highest BCUT2D eigenvalue weighted by Crippen LogP contribution is 2.51. The van der Waals surface area contributed by atoms with Gasteiger partial charge in [-0.3, -0.25) is 24.5 Å². The fourth-order valence-electron chi connectivity index (χ4n) is 5.52. The number of carbonyl (C=O) groups is 2. The zero-order valence-electron chi connectivity index (χ0n) is 19.2. The molecule has 1 saturated heterocycles. The molecule has 2 fully saturated rings. The third kappa shape index (κ3) is 3.70. The van der Waals surface area contributed by atoms with Crippen LogP contribution in [0.5, 0.6) is 0 Å². The topological polar surface area (TPSA) is 114 Å². The fraction of sp³-hybridized carbons (Fsp3) is 0.500. The van der Waals surface area contributed by atoms with Crippen LogP contribution >= 0.6 is 0 Å². The number of anilines is 1. The van der Waals surface area contributed by atoms with Crippen LogP contribution in [-0.4, -0.2) is 47.8 Å². The summed E-state index contributed by atoms with van der Waals surface area (Å²) in [6, 6.07) is 1.95. The molecule has 0 unspecified atom stereocenters. The first kappa shape index (κ1) is 21.6. The van der Waals surface area contributed by atoms with Gasteiger partial charge >= 0.3 is 0 Å². The summed E-state index contributed by atoms with van der Waals surface area (Å²) in [7, 11) is 0. The molecule has 4 heterocycles. The van der Waals surface area contributed by atoms with Crippen molar-refractivity contribution in [3.05, 3.63) is 42.9 Å². The van der Waals surface area contributed by atoms with Gasteiger partial charge in [0.15, 0.2) is 5.82 Å². The van der Waals surface area contributed by atoms with Gasteiger partial charge in [-0.25, -0.2) is 9.97 Å². The van der Waals surface area contributed by atoms with E-state index in [4.69, 9.17) is 0 Å². The third-order valence-electron chi connectivity index (χ3n) is 7.10. The normalized spacial score (nSPS) is 26.0.